The van der Waals surface area contributed by atoms with Crippen LogP contribution in [-0.2, 0) is 11.3 Å². The van der Waals surface area contributed by atoms with Gasteiger partial charge < -0.3 is 14.6 Å². The molecule has 0 radical (unpaired) electrons. The predicted molar refractivity (Wildman–Crippen MR) is 120 cm³/mol. The maximum Gasteiger partial charge on any atom is 0.336 e. The molecule has 1 atom stereocenters. The maximum absolute atomic E-state index is 11.6. The van der Waals surface area contributed by atoms with Crippen molar-refractivity contribution in [2.75, 3.05) is 7.11 Å². The van der Waals surface area contributed by atoms with E-state index in [0.717, 1.165) is 22.2 Å². The van der Waals surface area contributed by atoms with Crippen LogP contribution in [0.15, 0.2) is 78.9 Å². The van der Waals surface area contributed by atoms with Crippen molar-refractivity contribution in [2.45, 2.75) is 19.6 Å². The summed E-state index contributed by atoms with van der Waals surface area (Å²) in [5, 5.41) is 10.6. The molecule has 4 rings (SSSR count). The standard InChI is InChI=1S/C26H23NO4/c1-17-7-5-10-20(24(17)26(28)29)16-31-21-11-6-9-19(15-21)25(30-2)23-14-13-18-8-3-4-12-22(18)27-23/h3-15,25H,16H2,1-2H3,(H,28,29). The van der Waals surface area contributed by atoms with Crippen molar-refractivity contribution in [1.82, 2.24) is 4.98 Å². The highest BCUT2D eigenvalue weighted by atomic mass is 16.5. The first-order valence-electron chi connectivity index (χ1n) is 10.00. The minimum atomic E-state index is -0.952. The third-order valence-electron chi connectivity index (χ3n) is 5.25. The lowest BCUT2D eigenvalue weighted by Crippen LogP contribution is -2.08. The number of pyridine rings is 1. The Labute approximate surface area is 180 Å². The number of aryl methyl sites for hydroxylation is 1. The molecule has 156 valence electrons. The molecule has 0 aliphatic rings. The van der Waals surface area contributed by atoms with Gasteiger partial charge in [-0.15, -0.1) is 0 Å². The molecule has 0 aliphatic heterocycles. The summed E-state index contributed by atoms with van der Waals surface area (Å²) < 4.78 is 11.7. The topological polar surface area (TPSA) is 68.7 Å². The lowest BCUT2D eigenvalue weighted by Gasteiger charge is -2.17. The number of ether oxygens (including phenoxy) is 2. The number of hydrogen-bond acceptors (Lipinski definition) is 4. The fourth-order valence-electron chi connectivity index (χ4n) is 3.74. The van der Waals surface area contributed by atoms with Gasteiger partial charge in [-0.1, -0.05) is 54.6 Å². The minimum absolute atomic E-state index is 0.165. The van der Waals surface area contributed by atoms with Gasteiger partial charge in [0.2, 0.25) is 0 Å². The molecule has 1 unspecified atom stereocenters. The van der Waals surface area contributed by atoms with Gasteiger partial charge >= 0.3 is 5.97 Å². The van der Waals surface area contributed by atoms with Crippen molar-refractivity contribution in [3.8, 4) is 5.75 Å². The van der Waals surface area contributed by atoms with Gasteiger partial charge in [-0.3, -0.25) is 0 Å². The van der Waals surface area contributed by atoms with E-state index in [-0.39, 0.29) is 18.3 Å². The number of para-hydroxylation sites is 1. The third kappa shape index (κ3) is 4.42. The van der Waals surface area contributed by atoms with Crippen LogP contribution in [0.5, 0.6) is 5.75 Å². The third-order valence-corrected chi connectivity index (χ3v) is 5.25. The molecule has 31 heavy (non-hydrogen) atoms. The number of aromatic nitrogens is 1. The van der Waals surface area contributed by atoms with Crippen molar-refractivity contribution in [3.05, 3.63) is 107 Å². The first kappa shape index (κ1) is 20.6. The zero-order valence-electron chi connectivity index (χ0n) is 17.4. The van der Waals surface area contributed by atoms with Crippen molar-refractivity contribution >= 4 is 16.9 Å². The maximum atomic E-state index is 11.6. The number of carboxylic acids is 1. The molecule has 0 amide bonds. The predicted octanol–water partition coefficient (Wildman–Crippen LogP) is 5.56. The van der Waals surface area contributed by atoms with Gasteiger partial charge in [0.25, 0.3) is 0 Å². The molecule has 5 nitrogen and oxygen atoms in total. The van der Waals surface area contributed by atoms with Crippen LogP contribution in [0.3, 0.4) is 0 Å². The number of fused-ring (bicyclic) bond motifs is 1. The van der Waals surface area contributed by atoms with Gasteiger partial charge in [-0.05, 0) is 42.3 Å². The molecule has 0 saturated carbocycles. The molecule has 0 aliphatic carbocycles. The summed E-state index contributed by atoms with van der Waals surface area (Å²) in [6, 6.07) is 25.0. The summed E-state index contributed by atoms with van der Waals surface area (Å²) >= 11 is 0. The van der Waals surface area contributed by atoms with E-state index >= 15 is 0 Å². The molecule has 4 aromatic rings. The van der Waals surface area contributed by atoms with E-state index in [9.17, 15) is 9.90 Å². The highest BCUT2D eigenvalue weighted by molar-refractivity contribution is 5.91. The van der Waals surface area contributed by atoms with E-state index in [1.165, 1.54) is 0 Å². The summed E-state index contributed by atoms with van der Waals surface area (Å²) in [7, 11) is 1.65. The molecule has 0 saturated heterocycles. The average Bonchev–Trinajstić information content (AvgIpc) is 2.78. The number of aromatic carboxylic acids is 1. The molecule has 3 aromatic carbocycles. The quantitative estimate of drug-likeness (QED) is 0.430. The van der Waals surface area contributed by atoms with Gasteiger partial charge in [-0.2, -0.15) is 0 Å². The Hall–Kier alpha value is -3.70. The Balaban J connectivity index is 1.58. The number of carbonyl (C=O) groups is 1. The highest BCUT2D eigenvalue weighted by Gasteiger charge is 2.17. The van der Waals surface area contributed by atoms with E-state index in [1.54, 1.807) is 26.2 Å². The van der Waals surface area contributed by atoms with Crippen molar-refractivity contribution in [2.24, 2.45) is 0 Å². The summed E-state index contributed by atoms with van der Waals surface area (Å²) in [4.78, 5) is 16.4. The summed E-state index contributed by atoms with van der Waals surface area (Å²) in [6.45, 7) is 1.95. The van der Waals surface area contributed by atoms with Gasteiger partial charge in [-0.25, -0.2) is 9.78 Å². The normalized spacial score (nSPS) is 11.9. The van der Waals surface area contributed by atoms with Gasteiger partial charge in [0, 0.05) is 18.1 Å². The van der Waals surface area contributed by atoms with Gasteiger partial charge in [0.15, 0.2) is 0 Å². The van der Waals surface area contributed by atoms with E-state index in [1.807, 2.05) is 66.7 Å². The number of methoxy groups -OCH3 is 1. The molecule has 1 N–H and O–H groups in total. The molecule has 1 heterocycles. The number of rotatable bonds is 7. The first-order chi connectivity index (χ1) is 15.1. The molecular formula is C26H23NO4. The second kappa shape index (κ2) is 8.98. The molecular weight excluding hydrogens is 390 g/mol. The Kier molecular flexibility index (Phi) is 5.96. The van der Waals surface area contributed by atoms with Crippen LogP contribution >= 0.6 is 0 Å². The van der Waals surface area contributed by atoms with E-state index in [4.69, 9.17) is 14.5 Å². The fourth-order valence-corrected chi connectivity index (χ4v) is 3.74. The number of hydrogen-bond donors (Lipinski definition) is 1. The van der Waals surface area contributed by atoms with Crippen molar-refractivity contribution in [1.29, 1.82) is 0 Å². The van der Waals surface area contributed by atoms with Crippen LogP contribution < -0.4 is 4.74 Å². The van der Waals surface area contributed by atoms with Crippen LogP contribution in [0.25, 0.3) is 10.9 Å². The van der Waals surface area contributed by atoms with E-state index in [2.05, 4.69) is 0 Å². The Morgan fingerprint density at radius 2 is 1.81 bits per heavy atom. The first-order valence-corrected chi connectivity index (χ1v) is 10.00. The second-order valence-corrected chi connectivity index (χ2v) is 7.32. The van der Waals surface area contributed by atoms with Crippen LogP contribution in [0.2, 0.25) is 0 Å². The van der Waals surface area contributed by atoms with Crippen LogP contribution in [0.1, 0.15) is 38.8 Å². The van der Waals surface area contributed by atoms with E-state index < -0.39 is 5.97 Å². The Morgan fingerprint density at radius 1 is 1.00 bits per heavy atom. The van der Waals surface area contributed by atoms with Gasteiger partial charge in [0.1, 0.15) is 18.5 Å². The molecule has 1 aromatic heterocycles. The Bertz CT molecular complexity index is 1230. The fraction of sp³-hybridized carbons (Fsp3) is 0.154. The van der Waals surface area contributed by atoms with Crippen LogP contribution in [-0.4, -0.2) is 23.2 Å². The minimum Gasteiger partial charge on any atom is -0.489 e. The van der Waals surface area contributed by atoms with E-state index in [0.29, 0.717) is 16.9 Å². The number of carboxylic acid groups (broad SMARTS) is 1. The van der Waals surface area contributed by atoms with Crippen molar-refractivity contribution < 1.29 is 19.4 Å². The lowest BCUT2D eigenvalue weighted by molar-refractivity contribution is 0.0693. The largest absolute Gasteiger partial charge is 0.489 e. The number of benzene rings is 3. The van der Waals surface area contributed by atoms with Gasteiger partial charge in [0.05, 0.1) is 16.8 Å². The Morgan fingerprint density at radius 3 is 2.61 bits per heavy atom. The second-order valence-electron chi connectivity index (χ2n) is 7.32. The zero-order chi connectivity index (χ0) is 21.8. The summed E-state index contributed by atoms with van der Waals surface area (Å²) in [5.41, 5.74) is 4.26. The molecule has 0 spiro atoms. The average molecular weight is 413 g/mol. The summed E-state index contributed by atoms with van der Waals surface area (Å²) in [5.74, 6) is -0.314. The van der Waals surface area contributed by atoms with Crippen LogP contribution in [0, 0.1) is 6.92 Å². The summed E-state index contributed by atoms with van der Waals surface area (Å²) in [6.07, 6.45) is -0.346. The SMILES string of the molecule is COC(c1cccc(OCc2cccc(C)c2C(=O)O)c1)c1ccc2ccccc2n1. The monoisotopic (exact) mass is 413 g/mol. The molecule has 0 bridgehead atoms. The lowest BCUT2D eigenvalue weighted by atomic mass is 10.0. The van der Waals surface area contributed by atoms with Crippen LogP contribution in [0.4, 0.5) is 0 Å². The smallest absolute Gasteiger partial charge is 0.336 e. The number of nitrogens with zero attached hydrogens (tertiary/aromatic N) is 1. The molecule has 0 fully saturated rings. The van der Waals surface area contributed by atoms with Crippen molar-refractivity contribution in [3.63, 3.8) is 0 Å². The molecule has 5 heteroatoms. The zero-order valence-corrected chi connectivity index (χ0v) is 17.4. The highest BCUT2D eigenvalue weighted by Crippen LogP contribution is 2.29.